The maximum Gasteiger partial charge on any atom is 0.345 e. The Balaban J connectivity index is 2.07. The van der Waals surface area contributed by atoms with Crippen molar-refractivity contribution in [2.75, 3.05) is 19.6 Å². The molecule has 17 heavy (non-hydrogen) atoms. The quantitative estimate of drug-likeness (QED) is 0.832. The predicted octanol–water partition coefficient (Wildman–Crippen LogP) is 0.687. The van der Waals surface area contributed by atoms with Crippen LogP contribution in [0.3, 0.4) is 0 Å². The minimum absolute atomic E-state index is 0.0302. The third-order valence-corrected chi connectivity index (χ3v) is 3.82. The summed E-state index contributed by atoms with van der Waals surface area (Å²) >= 11 is 1.29. The van der Waals surface area contributed by atoms with Gasteiger partial charge in [0.05, 0.1) is 6.54 Å². The molecule has 1 fully saturated rings. The van der Waals surface area contributed by atoms with E-state index in [-0.39, 0.29) is 5.91 Å². The first-order valence-electron chi connectivity index (χ1n) is 5.38. The number of carbonyl (C=O) groups excluding carboxylic acids is 1. The number of rotatable bonds is 3. The highest BCUT2D eigenvalue weighted by Crippen LogP contribution is 2.23. The fourth-order valence-corrected chi connectivity index (χ4v) is 2.72. The van der Waals surface area contributed by atoms with E-state index in [1.807, 2.05) is 11.8 Å². The molecule has 0 atom stereocenters. The molecule has 0 spiro atoms. The third-order valence-electron chi connectivity index (χ3n) is 2.74. The second kappa shape index (κ2) is 4.85. The summed E-state index contributed by atoms with van der Waals surface area (Å²) in [6, 6.07) is 1.70. The Morgan fingerprint density at radius 2 is 2.41 bits per heavy atom. The van der Waals surface area contributed by atoms with E-state index in [1.54, 1.807) is 6.07 Å². The van der Waals surface area contributed by atoms with E-state index >= 15 is 0 Å². The molecule has 0 aromatic carbocycles. The van der Waals surface area contributed by atoms with Gasteiger partial charge in [0.15, 0.2) is 0 Å². The van der Waals surface area contributed by atoms with Crippen LogP contribution in [0.5, 0.6) is 0 Å². The number of aromatic carboxylic acids is 1. The molecule has 0 radical (unpaired) electrons. The van der Waals surface area contributed by atoms with Gasteiger partial charge in [0, 0.05) is 24.5 Å². The predicted molar refractivity (Wildman–Crippen MR) is 64.3 cm³/mol. The molecule has 1 amide bonds. The van der Waals surface area contributed by atoms with E-state index in [0.717, 1.165) is 17.0 Å². The first-order chi connectivity index (χ1) is 8.06. The van der Waals surface area contributed by atoms with Crippen LogP contribution in [-0.2, 0) is 11.3 Å². The number of hydrogen-bond donors (Lipinski definition) is 2. The minimum atomic E-state index is -0.888. The lowest BCUT2D eigenvalue weighted by atomic mass is 10.2. The Bertz CT molecular complexity index is 456. The molecule has 1 aliphatic rings. The molecule has 1 aromatic heterocycles. The highest BCUT2D eigenvalue weighted by atomic mass is 32.1. The van der Waals surface area contributed by atoms with Gasteiger partial charge in [-0.15, -0.1) is 11.3 Å². The standard InChI is InChI=1S/C11H14N2O3S/c1-7-8(4-9(17-7)11(15)16)5-13-3-2-12-10(14)6-13/h4H,2-3,5-6H2,1H3,(H,12,14)(H,15,16). The van der Waals surface area contributed by atoms with Gasteiger partial charge in [-0.1, -0.05) is 0 Å². The Morgan fingerprint density at radius 1 is 1.65 bits per heavy atom. The summed E-state index contributed by atoms with van der Waals surface area (Å²) in [6.45, 7) is 4.41. The zero-order valence-corrected chi connectivity index (χ0v) is 10.3. The number of hydrogen-bond acceptors (Lipinski definition) is 4. The molecule has 2 heterocycles. The average molecular weight is 254 g/mol. The Hall–Kier alpha value is -1.40. The van der Waals surface area contributed by atoms with E-state index in [1.165, 1.54) is 11.3 Å². The van der Waals surface area contributed by atoms with Crippen LogP contribution in [0.4, 0.5) is 0 Å². The highest BCUT2D eigenvalue weighted by Gasteiger charge is 2.18. The summed E-state index contributed by atoms with van der Waals surface area (Å²) in [4.78, 5) is 25.5. The van der Waals surface area contributed by atoms with Crippen molar-refractivity contribution < 1.29 is 14.7 Å². The molecule has 5 nitrogen and oxygen atoms in total. The van der Waals surface area contributed by atoms with E-state index in [4.69, 9.17) is 5.11 Å². The molecular weight excluding hydrogens is 240 g/mol. The van der Waals surface area contributed by atoms with Crippen LogP contribution in [0.2, 0.25) is 0 Å². The van der Waals surface area contributed by atoms with Crippen LogP contribution in [-0.4, -0.2) is 41.5 Å². The number of piperazine rings is 1. The lowest BCUT2D eigenvalue weighted by Gasteiger charge is -2.26. The number of carboxylic acids is 1. The zero-order valence-electron chi connectivity index (χ0n) is 9.52. The minimum Gasteiger partial charge on any atom is -0.477 e. The molecule has 2 rings (SSSR count). The molecule has 6 heteroatoms. The van der Waals surface area contributed by atoms with E-state index in [9.17, 15) is 9.59 Å². The number of thiophene rings is 1. The van der Waals surface area contributed by atoms with Gasteiger partial charge in [0.2, 0.25) is 5.91 Å². The number of amides is 1. The first-order valence-corrected chi connectivity index (χ1v) is 6.19. The number of carboxylic acid groups (broad SMARTS) is 1. The van der Waals surface area contributed by atoms with Crippen molar-refractivity contribution in [2.45, 2.75) is 13.5 Å². The highest BCUT2D eigenvalue weighted by molar-refractivity contribution is 7.14. The van der Waals surface area contributed by atoms with E-state index < -0.39 is 5.97 Å². The van der Waals surface area contributed by atoms with Gasteiger partial charge in [-0.25, -0.2) is 4.79 Å². The molecule has 0 bridgehead atoms. The van der Waals surface area contributed by atoms with Crippen LogP contribution in [0.1, 0.15) is 20.1 Å². The van der Waals surface area contributed by atoms with Crippen LogP contribution in [0.15, 0.2) is 6.07 Å². The number of carbonyl (C=O) groups is 2. The van der Waals surface area contributed by atoms with Crippen molar-refractivity contribution >= 4 is 23.2 Å². The molecular formula is C11H14N2O3S. The summed E-state index contributed by atoms with van der Waals surface area (Å²) < 4.78 is 0. The van der Waals surface area contributed by atoms with E-state index in [2.05, 4.69) is 5.32 Å². The van der Waals surface area contributed by atoms with Crippen molar-refractivity contribution in [3.05, 3.63) is 21.4 Å². The summed E-state index contributed by atoms with van der Waals surface area (Å²) in [5.74, 6) is -0.858. The van der Waals surface area contributed by atoms with Crippen molar-refractivity contribution in [2.24, 2.45) is 0 Å². The van der Waals surface area contributed by atoms with Crippen LogP contribution >= 0.6 is 11.3 Å². The summed E-state index contributed by atoms with van der Waals surface area (Å²) in [5.41, 5.74) is 1.00. The Labute approximate surface area is 103 Å². The molecule has 0 saturated carbocycles. The fraction of sp³-hybridized carbons (Fsp3) is 0.455. The largest absolute Gasteiger partial charge is 0.477 e. The number of nitrogens with zero attached hydrogens (tertiary/aromatic N) is 1. The fourth-order valence-electron chi connectivity index (χ4n) is 1.85. The molecule has 1 aliphatic heterocycles. The second-order valence-corrected chi connectivity index (χ2v) is 5.31. The van der Waals surface area contributed by atoms with Gasteiger partial charge >= 0.3 is 5.97 Å². The molecule has 0 aliphatic carbocycles. The summed E-state index contributed by atoms with van der Waals surface area (Å²) in [5, 5.41) is 11.7. The summed E-state index contributed by atoms with van der Waals surface area (Å²) in [6.07, 6.45) is 0. The van der Waals surface area contributed by atoms with Gasteiger partial charge in [0.25, 0.3) is 0 Å². The normalized spacial score (nSPS) is 16.9. The van der Waals surface area contributed by atoms with Crippen molar-refractivity contribution in [1.82, 2.24) is 10.2 Å². The molecule has 1 saturated heterocycles. The molecule has 92 valence electrons. The maximum absolute atomic E-state index is 11.2. The average Bonchev–Trinajstić information content (AvgIpc) is 2.61. The smallest absolute Gasteiger partial charge is 0.345 e. The van der Waals surface area contributed by atoms with Gasteiger partial charge in [-0.05, 0) is 18.6 Å². The monoisotopic (exact) mass is 254 g/mol. The second-order valence-electron chi connectivity index (χ2n) is 4.06. The maximum atomic E-state index is 11.2. The molecule has 2 N–H and O–H groups in total. The Kier molecular flexibility index (Phi) is 3.44. The van der Waals surface area contributed by atoms with Gasteiger partial charge in [-0.2, -0.15) is 0 Å². The van der Waals surface area contributed by atoms with Gasteiger partial charge < -0.3 is 10.4 Å². The Morgan fingerprint density at radius 3 is 3.00 bits per heavy atom. The SMILES string of the molecule is Cc1sc(C(=O)O)cc1CN1CCNC(=O)C1. The van der Waals surface area contributed by atoms with Crippen LogP contribution in [0, 0.1) is 6.92 Å². The lowest BCUT2D eigenvalue weighted by Crippen LogP contribution is -2.47. The van der Waals surface area contributed by atoms with Crippen molar-refractivity contribution in [3.8, 4) is 0 Å². The molecule has 0 unspecified atom stereocenters. The summed E-state index contributed by atoms with van der Waals surface area (Å²) in [7, 11) is 0. The van der Waals surface area contributed by atoms with Crippen molar-refractivity contribution in [1.29, 1.82) is 0 Å². The number of aryl methyl sites for hydroxylation is 1. The van der Waals surface area contributed by atoms with Crippen molar-refractivity contribution in [3.63, 3.8) is 0 Å². The first kappa shape index (κ1) is 12.1. The molecule has 1 aromatic rings. The van der Waals surface area contributed by atoms with Gasteiger partial charge in [-0.3, -0.25) is 9.69 Å². The number of nitrogens with one attached hydrogen (secondary N) is 1. The third kappa shape index (κ3) is 2.83. The lowest BCUT2D eigenvalue weighted by molar-refractivity contribution is -0.124. The van der Waals surface area contributed by atoms with Crippen LogP contribution < -0.4 is 5.32 Å². The topological polar surface area (TPSA) is 69.6 Å². The zero-order chi connectivity index (χ0) is 12.4. The van der Waals surface area contributed by atoms with E-state index in [0.29, 0.717) is 24.5 Å². The van der Waals surface area contributed by atoms with Crippen LogP contribution in [0.25, 0.3) is 0 Å². The van der Waals surface area contributed by atoms with Gasteiger partial charge in [0.1, 0.15) is 4.88 Å².